The summed E-state index contributed by atoms with van der Waals surface area (Å²) in [6.45, 7) is 0.551. The second-order valence-electron chi connectivity index (χ2n) is 7.28. The van der Waals surface area contributed by atoms with Gasteiger partial charge in [-0.3, -0.25) is 0 Å². The Morgan fingerprint density at radius 3 is 2.21 bits per heavy atom. The van der Waals surface area contributed by atoms with E-state index in [2.05, 4.69) is 10.3 Å². The van der Waals surface area contributed by atoms with Gasteiger partial charge in [0, 0.05) is 36.2 Å². The second kappa shape index (κ2) is 8.92. The molecule has 0 spiro atoms. The first-order valence-corrected chi connectivity index (χ1v) is 10.4. The molecule has 154 valence electrons. The van der Waals surface area contributed by atoms with E-state index in [9.17, 15) is 8.42 Å². The van der Waals surface area contributed by atoms with Crippen LogP contribution in [0, 0.1) is 0 Å². The molecule has 1 aromatic carbocycles. The zero-order valence-electron chi connectivity index (χ0n) is 15.2. The van der Waals surface area contributed by atoms with E-state index >= 15 is 0 Å². The average molecular weight is 446 g/mol. The van der Waals surface area contributed by atoms with Gasteiger partial charge >= 0.3 is 0 Å². The standard InChI is InChI=1S/C18H23N5O2S.2ClH/c19-14-7-13(8-14)16-9-17(23-18(22-16)12-3-4-12)21-10-11-1-5-15(6-2-11)26(20,24)25;;/h1-2,5-6,9,12-14H,3-4,7-8,10,19H2,(H2,20,24,25)(H,21,22,23);2*1H. The van der Waals surface area contributed by atoms with Crippen LogP contribution in [0.4, 0.5) is 5.82 Å². The minimum atomic E-state index is -3.66. The second-order valence-corrected chi connectivity index (χ2v) is 8.84. The number of hydrogen-bond acceptors (Lipinski definition) is 6. The molecule has 0 radical (unpaired) electrons. The van der Waals surface area contributed by atoms with Gasteiger partial charge in [0.2, 0.25) is 10.0 Å². The summed E-state index contributed by atoms with van der Waals surface area (Å²) in [5, 5.41) is 8.46. The smallest absolute Gasteiger partial charge is 0.238 e. The molecule has 10 heteroatoms. The van der Waals surface area contributed by atoms with Crippen LogP contribution in [0.25, 0.3) is 0 Å². The van der Waals surface area contributed by atoms with Crippen molar-refractivity contribution in [2.24, 2.45) is 10.9 Å². The number of anilines is 1. The molecule has 2 fully saturated rings. The molecule has 2 aromatic rings. The number of halogens is 2. The molecule has 5 N–H and O–H groups in total. The summed E-state index contributed by atoms with van der Waals surface area (Å²) in [6, 6.07) is 8.84. The van der Waals surface area contributed by atoms with Crippen molar-refractivity contribution in [2.45, 2.75) is 55.0 Å². The number of nitrogens with one attached hydrogen (secondary N) is 1. The van der Waals surface area contributed by atoms with E-state index in [4.69, 9.17) is 15.9 Å². The number of sulfonamides is 1. The van der Waals surface area contributed by atoms with Crippen molar-refractivity contribution in [2.75, 3.05) is 5.32 Å². The average Bonchev–Trinajstić information content (AvgIpc) is 3.41. The summed E-state index contributed by atoms with van der Waals surface area (Å²) in [7, 11) is -3.66. The molecule has 2 saturated carbocycles. The van der Waals surface area contributed by atoms with E-state index in [1.54, 1.807) is 12.1 Å². The van der Waals surface area contributed by atoms with E-state index in [1.807, 2.05) is 6.07 Å². The highest BCUT2D eigenvalue weighted by Crippen LogP contribution is 2.41. The van der Waals surface area contributed by atoms with Crippen molar-refractivity contribution in [3.8, 4) is 0 Å². The van der Waals surface area contributed by atoms with Gasteiger partial charge in [-0.1, -0.05) is 12.1 Å². The summed E-state index contributed by atoms with van der Waals surface area (Å²) in [5.74, 6) is 2.65. The maximum Gasteiger partial charge on any atom is 0.238 e. The van der Waals surface area contributed by atoms with Crippen molar-refractivity contribution in [1.29, 1.82) is 0 Å². The first kappa shape index (κ1) is 22.8. The Bertz CT molecular complexity index is 914. The van der Waals surface area contributed by atoms with Crippen molar-refractivity contribution < 1.29 is 8.42 Å². The summed E-state index contributed by atoms with van der Waals surface area (Å²) in [5.41, 5.74) is 7.96. The van der Waals surface area contributed by atoms with Gasteiger partial charge in [-0.05, 0) is 43.4 Å². The van der Waals surface area contributed by atoms with Gasteiger partial charge in [-0.2, -0.15) is 0 Å². The molecule has 2 aliphatic rings. The minimum absolute atomic E-state index is 0. The topological polar surface area (TPSA) is 124 Å². The molecule has 4 rings (SSSR count). The van der Waals surface area contributed by atoms with E-state index in [0.717, 1.165) is 48.6 Å². The van der Waals surface area contributed by atoms with Crippen LogP contribution in [0.2, 0.25) is 0 Å². The molecular weight excluding hydrogens is 421 g/mol. The Balaban J connectivity index is 0.00000140. The highest BCUT2D eigenvalue weighted by atomic mass is 35.5. The number of nitrogens with zero attached hydrogens (tertiary/aromatic N) is 2. The Morgan fingerprint density at radius 1 is 1.04 bits per heavy atom. The minimum Gasteiger partial charge on any atom is -0.366 e. The summed E-state index contributed by atoms with van der Waals surface area (Å²) < 4.78 is 22.7. The maximum absolute atomic E-state index is 11.3. The quantitative estimate of drug-likeness (QED) is 0.627. The zero-order valence-corrected chi connectivity index (χ0v) is 17.7. The molecule has 1 aromatic heterocycles. The molecule has 0 atom stereocenters. The lowest BCUT2D eigenvalue weighted by molar-refractivity contribution is 0.344. The molecule has 0 unspecified atom stereocenters. The van der Waals surface area contributed by atoms with Crippen LogP contribution in [0.3, 0.4) is 0 Å². The Hall–Kier alpha value is -1.45. The van der Waals surface area contributed by atoms with Crippen LogP contribution in [0.5, 0.6) is 0 Å². The molecule has 1 heterocycles. The highest BCUT2D eigenvalue weighted by molar-refractivity contribution is 7.89. The molecule has 0 bridgehead atoms. The fraction of sp³-hybridized carbons (Fsp3) is 0.444. The molecule has 7 nitrogen and oxygen atoms in total. The van der Waals surface area contributed by atoms with Crippen LogP contribution in [-0.4, -0.2) is 24.4 Å². The van der Waals surface area contributed by atoms with Crippen molar-refractivity contribution in [1.82, 2.24) is 9.97 Å². The van der Waals surface area contributed by atoms with Crippen LogP contribution < -0.4 is 16.2 Å². The predicted molar refractivity (Wildman–Crippen MR) is 114 cm³/mol. The van der Waals surface area contributed by atoms with E-state index in [1.165, 1.54) is 12.1 Å². The maximum atomic E-state index is 11.3. The third kappa shape index (κ3) is 5.33. The lowest BCUT2D eigenvalue weighted by Crippen LogP contribution is -2.35. The van der Waals surface area contributed by atoms with Crippen LogP contribution >= 0.6 is 24.8 Å². The summed E-state index contributed by atoms with van der Waals surface area (Å²) >= 11 is 0. The van der Waals surface area contributed by atoms with Crippen molar-refractivity contribution >= 4 is 40.7 Å². The highest BCUT2D eigenvalue weighted by Gasteiger charge is 2.32. The number of benzene rings is 1. The summed E-state index contributed by atoms with van der Waals surface area (Å²) in [4.78, 5) is 9.53. The fourth-order valence-electron chi connectivity index (χ4n) is 3.20. The third-order valence-electron chi connectivity index (χ3n) is 5.02. The van der Waals surface area contributed by atoms with Crippen LogP contribution in [0.15, 0.2) is 35.2 Å². The third-order valence-corrected chi connectivity index (χ3v) is 5.95. The normalized spacial score (nSPS) is 21.1. The molecule has 0 aliphatic heterocycles. The largest absolute Gasteiger partial charge is 0.366 e. The number of aromatic nitrogens is 2. The van der Waals surface area contributed by atoms with Gasteiger partial charge in [0.05, 0.1) is 4.90 Å². The Labute approximate surface area is 177 Å². The molecule has 0 amide bonds. The first-order chi connectivity index (χ1) is 12.4. The van der Waals surface area contributed by atoms with Gasteiger partial charge < -0.3 is 11.1 Å². The molecule has 2 aliphatic carbocycles. The SMILES string of the molecule is Cl.Cl.NC1CC(c2cc(NCc3ccc(S(N)(=O)=O)cc3)nc(C3CC3)n2)C1. The fourth-order valence-corrected chi connectivity index (χ4v) is 3.72. The molecular formula is C18H25Cl2N5O2S. The number of primary sulfonamides is 1. The number of hydrogen-bond donors (Lipinski definition) is 3. The van der Waals surface area contributed by atoms with Crippen LogP contribution in [0.1, 0.15) is 54.6 Å². The van der Waals surface area contributed by atoms with Gasteiger partial charge in [0.15, 0.2) is 0 Å². The van der Waals surface area contributed by atoms with Gasteiger partial charge in [-0.25, -0.2) is 23.5 Å². The van der Waals surface area contributed by atoms with E-state index in [0.29, 0.717) is 18.4 Å². The van der Waals surface area contributed by atoms with Gasteiger partial charge in [0.1, 0.15) is 11.6 Å². The van der Waals surface area contributed by atoms with E-state index in [-0.39, 0.29) is 35.8 Å². The first-order valence-electron chi connectivity index (χ1n) is 8.88. The van der Waals surface area contributed by atoms with Crippen molar-refractivity contribution in [3.63, 3.8) is 0 Å². The lowest BCUT2D eigenvalue weighted by atomic mass is 9.78. The lowest BCUT2D eigenvalue weighted by Gasteiger charge is -2.32. The Kier molecular flexibility index (Phi) is 7.27. The van der Waals surface area contributed by atoms with Crippen LogP contribution in [-0.2, 0) is 16.6 Å². The van der Waals surface area contributed by atoms with Gasteiger partial charge in [0.25, 0.3) is 0 Å². The predicted octanol–water partition coefficient (Wildman–Crippen LogP) is 2.66. The molecule has 0 saturated heterocycles. The number of rotatable bonds is 6. The number of nitrogens with two attached hydrogens (primary N) is 2. The van der Waals surface area contributed by atoms with E-state index < -0.39 is 10.0 Å². The monoisotopic (exact) mass is 445 g/mol. The van der Waals surface area contributed by atoms with Gasteiger partial charge in [-0.15, -0.1) is 24.8 Å². The zero-order chi connectivity index (χ0) is 18.3. The summed E-state index contributed by atoms with van der Waals surface area (Å²) in [6.07, 6.45) is 4.27. The Morgan fingerprint density at radius 2 is 1.68 bits per heavy atom. The molecule has 28 heavy (non-hydrogen) atoms. The van der Waals surface area contributed by atoms with Crippen molar-refractivity contribution in [3.05, 3.63) is 47.4 Å².